The van der Waals surface area contributed by atoms with Crippen molar-refractivity contribution in [3.05, 3.63) is 0 Å². The third-order valence-electron chi connectivity index (χ3n) is 5.13. The van der Waals surface area contributed by atoms with Crippen LogP contribution in [0, 0.1) is 11.3 Å². The van der Waals surface area contributed by atoms with E-state index >= 15 is 0 Å². The van der Waals surface area contributed by atoms with Gasteiger partial charge in [0.25, 0.3) is 0 Å². The average Bonchev–Trinajstić information content (AvgIpc) is 2.28. The van der Waals surface area contributed by atoms with E-state index in [-0.39, 0.29) is 0 Å². The van der Waals surface area contributed by atoms with E-state index in [4.69, 9.17) is 0 Å². The van der Waals surface area contributed by atoms with Gasteiger partial charge in [-0.15, -0.1) is 0 Å². The molecule has 0 N–H and O–H groups in total. The van der Waals surface area contributed by atoms with E-state index < -0.39 is 0 Å². The molecule has 2 aliphatic rings. The molecule has 0 aromatic carbocycles. The molecule has 0 spiro atoms. The summed E-state index contributed by atoms with van der Waals surface area (Å²) in [5.41, 5.74) is 1.04. The van der Waals surface area contributed by atoms with E-state index in [1.54, 1.807) is 0 Å². The Kier molecular flexibility index (Phi) is 3.87. The Morgan fingerprint density at radius 3 is 2.24 bits per heavy atom. The highest BCUT2D eigenvalue weighted by Gasteiger charge is 2.43. The zero-order valence-electron chi connectivity index (χ0n) is 12.4. The third-order valence-corrected chi connectivity index (χ3v) is 5.13. The molecule has 1 aliphatic carbocycles. The summed E-state index contributed by atoms with van der Waals surface area (Å²) in [6.07, 6.45) is 9.94. The zero-order chi connectivity index (χ0) is 12.5. The standard InChI is InChI=1S/C16H31N/c1-5-14-11-15(2,3)13-16(4,12-14)17-9-7-6-8-10-17/h14H,5-13H2,1-4H3. The van der Waals surface area contributed by atoms with E-state index in [0.29, 0.717) is 11.0 Å². The Balaban J connectivity index is 2.10. The minimum atomic E-state index is 0.489. The minimum Gasteiger partial charge on any atom is -0.298 e. The molecule has 1 nitrogen and oxygen atoms in total. The SMILES string of the molecule is CCC1CC(C)(C)CC(C)(N2CCCCC2)C1. The number of hydrogen-bond acceptors (Lipinski definition) is 1. The topological polar surface area (TPSA) is 3.24 Å². The highest BCUT2D eigenvalue weighted by atomic mass is 15.2. The number of hydrogen-bond donors (Lipinski definition) is 0. The quantitative estimate of drug-likeness (QED) is 0.685. The first-order valence-electron chi connectivity index (χ1n) is 7.70. The number of piperidine rings is 1. The first kappa shape index (κ1) is 13.4. The van der Waals surface area contributed by atoms with E-state index in [1.165, 1.54) is 58.0 Å². The Labute approximate surface area is 108 Å². The molecule has 1 heterocycles. The molecule has 1 heteroatoms. The van der Waals surface area contributed by atoms with Gasteiger partial charge in [0.05, 0.1) is 0 Å². The van der Waals surface area contributed by atoms with Crippen molar-refractivity contribution in [3.63, 3.8) is 0 Å². The average molecular weight is 237 g/mol. The maximum absolute atomic E-state index is 2.82. The van der Waals surface area contributed by atoms with Crippen LogP contribution in [0.5, 0.6) is 0 Å². The van der Waals surface area contributed by atoms with Crippen LogP contribution in [0.25, 0.3) is 0 Å². The van der Waals surface area contributed by atoms with Crippen LogP contribution in [0.1, 0.15) is 72.6 Å². The Morgan fingerprint density at radius 1 is 1.00 bits per heavy atom. The molecule has 0 amide bonds. The minimum absolute atomic E-state index is 0.489. The fourth-order valence-electron chi connectivity index (χ4n) is 4.61. The van der Waals surface area contributed by atoms with E-state index in [1.807, 2.05) is 0 Å². The van der Waals surface area contributed by atoms with Crippen molar-refractivity contribution in [1.29, 1.82) is 0 Å². The van der Waals surface area contributed by atoms with Crippen LogP contribution in [0.15, 0.2) is 0 Å². The summed E-state index contributed by atoms with van der Waals surface area (Å²) >= 11 is 0. The molecule has 1 aliphatic heterocycles. The van der Waals surface area contributed by atoms with Crippen molar-refractivity contribution in [2.75, 3.05) is 13.1 Å². The lowest BCUT2D eigenvalue weighted by atomic mass is 9.63. The summed E-state index contributed by atoms with van der Waals surface area (Å²) in [6.45, 7) is 12.6. The molecule has 2 atom stereocenters. The van der Waals surface area contributed by atoms with E-state index in [2.05, 4.69) is 32.6 Å². The normalized spacial score (nSPS) is 39.2. The fraction of sp³-hybridized carbons (Fsp3) is 1.00. The van der Waals surface area contributed by atoms with Crippen LogP contribution < -0.4 is 0 Å². The second kappa shape index (κ2) is 4.91. The van der Waals surface area contributed by atoms with Crippen molar-refractivity contribution in [1.82, 2.24) is 4.90 Å². The van der Waals surface area contributed by atoms with Gasteiger partial charge in [0.1, 0.15) is 0 Å². The van der Waals surface area contributed by atoms with Gasteiger partial charge in [-0.1, -0.05) is 33.6 Å². The maximum Gasteiger partial charge on any atom is 0.0189 e. The van der Waals surface area contributed by atoms with Gasteiger partial charge in [-0.3, -0.25) is 4.90 Å². The highest BCUT2D eigenvalue weighted by molar-refractivity contribution is 4.98. The summed E-state index contributed by atoms with van der Waals surface area (Å²) in [6, 6.07) is 0. The van der Waals surface area contributed by atoms with Crippen molar-refractivity contribution in [2.45, 2.75) is 78.2 Å². The van der Waals surface area contributed by atoms with Crippen LogP contribution in [0.3, 0.4) is 0 Å². The maximum atomic E-state index is 2.82. The Morgan fingerprint density at radius 2 is 1.65 bits per heavy atom. The van der Waals surface area contributed by atoms with Crippen LogP contribution in [-0.4, -0.2) is 23.5 Å². The zero-order valence-corrected chi connectivity index (χ0v) is 12.4. The molecule has 0 aromatic heterocycles. The van der Waals surface area contributed by atoms with Crippen LogP contribution in [-0.2, 0) is 0 Å². The fourth-order valence-corrected chi connectivity index (χ4v) is 4.61. The molecule has 17 heavy (non-hydrogen) atoms. The molecule has 2 rings (SSSR count). The highest BCUT2D eigenvalue weighted by Crippen LogP contribution is 2.47. The van der Waals surface area contributed by atoms with Gasteiger partial charge >= 0.3 is 0 Å². The van der Waals surface area contributed by atoms with Gasteiger partial charge < -0.3 is 0 Å². The summed E-state index contributed by atoms with van der Waals surface area (Å²) in [5, 5.41) is 0. The second-order valence-corrected chi connectivity index (χ2v) is 7.57. The molecule has 100 valence electrons. The van der Waals surface area contributed by atoms with Crippen molar-refractivity contribution in [2.24, 2.45) is 11.3 Å². The van der Waals surface area contributed by atoms with Crippen LogP contribution in [0.4, 0.5) is 0 Å². The lowest BCUT2D eigenvalue weighted by Crippen LogP contribution is -2.54. The molecule has 2 unspecified atom stereocenters. The molecule has 1 saturated heterocycles. The molecular weight excluding hydrogens is 206 g/mol. The third kappa shape index (κ3) is 3.05. The van der Waals surface area contributed by atoms with Gasteiger partial charge in [0, 0.05) is 5.54 Å². The molecule has 0 radical (unpaired) electrons. The van der Waals surface area contributed by atoms with E-state index in [9.17, 15) is 0 Å². The Hall–Kier alpha value is -0.0400. The lowest BCUT2D eigenvalue weighted by molar-refractivity contribution is -0.0192. The first-order valence-corrected chi connectivity index (χ1v) is 7.70. The van der Waals surface area contributed by atoms with Gasteiger partial charge in [-0.25, -0.2) is 0 Å². The number of nitrogens with zero attached hydrogens (tertiary/aromatic N) is 1. The Bertz CT molecular complexity index is 252. The molecule has 1 saturated carbocycles. The molecule has 0 bridgehead atoms. The molecular formula is C16H31N. The van der Waals surface area contributed by atoms with Crippen molar-refractivity contribution in [3.8, 4) is 0 Å². The molecule has 2 fully saturated rings. The van der Waals surface area contributed by atoms with E-state index in [0.717, 1.165) is 5.92 Å². The monoisotopic (exact) mass is 237 g/mol. The first-order chi connectivity index (χ1) is 7.95. The van der Waals surface area contributed by atoms with Crippen molar-refractivity contribution < 1.29 is 0 Å². The summed E-state index contributed by atoms with van der Waals surface area (Å²) in [7, 11) is 0. The number of likely N-dealkylation sites (tertiary alicyclic amines) is 1. The predicted molar refractivity (Wildman–Crippen MR) is 75.2 cm³/mol. The largest absolute Gasteiger partial charge is 0.298 e. The number of rotatable bonds is 2. The summed E-state index contributed by atoms with van der Waals surface area (Å²) in [5.74, 6) is 0.950. The van der Waals surface area contributed by atoms with Gasteiger partial charge in [-0.2, -0.15) is 0 Å². The van der Waals surface area contributed by atoms with Crippen molar-refractivity contribution >= 4 is 0 Å². The van der Waals surface area contributed by atoms with Gasteiger partial charge in [-0.05, 0) is 63.5 Å². The lowest BCUT2D eigenvalue weighted by Gasteiger charge is -2.53. The molecule has 0 aromatic rings. The van der Waals surface area contributed by atoms with Gasteiger partial charge in [0.2, 0.25) is 0 Å². The smallest absolute Gasteiger partial charge is 0.0189 e. The second-order valence-electron chi connectivity index (χ2n) is 7.57. The summed E-state index contributed by atoms with van der Waals surface area (Å²) < 4.78 is 0. The van der Waals surface area contributed by atoms with Crippen LogP contribution in [0.2, 0.25) is 0 Å². The summed E-state index contributed by atoms with van der Waals surface area (Å²) in [4.78, 5) is 2.82. The van der Waals surface area contributed by atoms with Crippen LogP contribution >= 0.6 is 0 Å². The predicted octanol–water partition coefficient (Wildman–Crippen LogP) is 4.47. The van der Waals surface area contributed by atoms with Gasteiger partial charge in [0.15, 0.2) is 0 Å².